The minimum atomic E-state index is -0.884. The van der Waals surface area contributed by atoms with Crippen molar-refractivity contribution < 1.29 is 19.4 Å². The predicted octanol–water partition coefficient (Wildman–Crippen LogP) is 1.56. The average Bonchev–Trinajstić information content (AvgIpc) is 3.24. The molecule has 1 aliphatic rings. The van der Waals surface area contributed by atoms with Crippen LogP contribution in [0.25, 0.3) is 0 Å². The second kappa shape index (κ2) is 6.52. The highest BCUT2D eigenvalue weighted by Gasteiger charge is 2.48. The third-order valence-electron chi connectivity index (χ3n) is 3.41. The molecule has 5 heteroatoms. The Kier molecular flexibility index (Phi) is 4.74. The van der Waals surface area contributed by atoms with Crippen LogP contribution in [0.1, 0.15) is 24.5 Å². The highest BCUT2D eigenvalue weighted by Crippen LogP contribution is 2.38. The summed E-state index contributed by atoms with van der Waals surface area (Å²) in [5, 5.41) is 11.5. The van der Waals surface area contributed by atoms with Crippen molar-refractivity contribution in [3.63, 3.8) is 0 Å². The van der Waals surface area contributed by atoms with Gasteiger partial charge in [-0.25, -0.2) is 0 Å². The van der Waals surface area contributed by atoms with Crippen molar-refractivity contribution in [3.8, 4) is 0 Å². The number of carboxylic acid groups (broad SMARTS) is 1. The van der Waals surface area contributed by atoms with Crippen molar-refractivity contribution in [2.75, 3.05) is 6.61 Å². The molecule has 0 bridgehead atoms. The highest BCUT2D eigenvalue weighted by molar-refractivity contribution is 5.89. The molecule has 1 amide bonds. The Morgan fingerprint density at radius 1 is 1.25 bits per heavy atom. The number of ether oxygens (including phenoxy) is 1. The molecule has 0 radical (unpaired) electrons. The summed E-state index contributed by atoms with van der Waals surface area (Å²) in [6.45, 7) is 3.65. The normalized spacial score (nSPS) is 20.4. The Hall–Kier alpha value is -1.88. The largest absolute Gasteiger partial charge is 0.481 e. The molecule has 20 heavy (non-hydrogen) atoms. The monoisotopic (exact) mass is 277 g/mol. The third-order valence-corrected chi connectivity index (χ3v) is 3.41. The van der Waals surface area contributed by atoms with E-state index in [9.17, 15) is 9.59 Å². The lowest BCUT2D eigenvalue weighted by Crippen LogP contribution is -2.25. The molecule has 2 atom stereocenters. The third kappa shape index (κ3) is 3.81. The Labute approximate surface area is 117 Å². The lowest BCUT2D eigenvalue weighted by molar-refractivity contribution is -0.140. The first kappa shape index (κ1) is 14.5. The van der Waals surface area contributed by atoms with Crippen LogP contribution in [0.3, 0.4) is 0 Å². The van der Waals surface area contributed by atoms with Crippen molar-refractivity contribution in [2.45, 2.75) is 26.5 Å². The van der Waals surface area contributed by atoms with Crippen LogP contribution in [-0.2, 0) is 27.5 Å². The molecule has 0 heterocycles. The summed E-state index contributed by atoms with van der Waals surface area (Å²) >= 11 is 0. The van der Waals surface area contributed by atoms with Gasteiger partial charge < -0.3 is 15.2 Å². The van der Waals surface area contributed by atoms with Crippen LogP contribution in [0, 0.1) is 11.8 Å². The molecular formula is C15H19NO4. The van der Waals surface area contributed by atoms with E-state index in [1.54, 1.807) is 0 Å². The van der Waals surface area contributed by atoms with Gasteiger partial charge >= 0.3 is 5.97 Å². The maximum atomic E-state index is 11.7. The lowest BCUT2D eigenvalue weighted by Gasteiger charge is -2.06. The van der Waals surface area contributed by atoms with E-state index in [0.717, 1.165) is 11.1 Å². The number of hydrogen-bond acceptors (Lipinski definition) is 3. The number of rotatable bonds is 7. The number of amides is 1. The Bertz CT molecular complexity index is 483. The van der Waals surface area contributed by atoms with E-state index in [-0.39, 0.29) is 11.8 Å². The zero-order chi connectivity index (χ0) is 14.5. The van der Waals surface area contributed by atoms with Gasteiger partial charge in [0.25, 0.3) is 0 Å². The van der Waals surface area contributed by atoms with Gasteiger partial charge in [0.2, 0.25) is 5.91 Å². The predicted molar refractivity (Wildman–Crippen MR) is 72.9 cm³/mol. The van der Waals surface area contributed by atoms with E-state index in [1.807, 2.05) is 31.2 Å². The fourth-order valence-corrected chi connectivity index (χ4v) is 2.05. The molecule has 0 aromatic heterocycles. The first-order chi connectivity index (χ1) is 9.61. The molecule has 1 aliphatic carbocycles. The summed E-state index contributed by atoms with van der Waals surface area (Å²) in [7, 11) is 0. The van der Waals surface area contributed by atoms with Crippen LogP contribution < -0.4 is 5.32 Å². The fourth-order valence-electron chi connectivity index (χ4n) is 2.05. The van der Waals surface area contributed by atoms with Gasteiger partial charge in [-0.15, -0.1) is 0 Å². The molecule has 2 rings (SSSR count). The van der Waals surface area contributed by atoms with Crippen LogP contribution in [0.4, 0.5) is 0 Å². The van der Waals surface area contributed by atoms with E-state index in [0.29, 0.717) is 26.2 Å². The van der Waals surface area contributed by atoms with Crippen LogP contribution in [-0.4, -0.2) is 23.6 Å². The number of benzene rings is 1. The number of nitrogens with one attached hydrogen (secondary N) is 1. The second-order valence-electron chi connectivity index (χ2n) is 4.96. The molecule has 108 valence electrons. The zero-order valence-corrected chi connectivity index (χ0v) is 11.5. The number of carbonyl (C=O) groups excluding carboxylic acids is 1. The van der Waals surface area contributed by atoms with Gasteiger partial charge in [-0.1, -0.05) is 24.3 Å². The van der Waals surface area contributed by atoms with Crippen LogP contribution >= 0.6 is 0 Å². The van der Waals surface area contributed by atoms with Crippen LogP contribution in [0.15, 0.2) is 24.3 Å². The van der Waals surface area contributed by atoms with E-state index in [1.165, 1.54) is 0 Å². The van der Waals surface area contributed by atoms with Gasteiger partial charge in [0.15, 0.2) is 0 Å². The maximum Gasteiger partial charge on any atom is 0.307 e. The summed E-state index contributed by atoms with van der Waals surface area (Å²) in [5.41, 5.74) is 2.08. The van der Waals surface area contributed by atoms with Crippen molar-refractivity contribution in [1.82, 2.24) is 5.32 Å². The molecule has 0 unspecified atom stereocenters. The molecule has 0 spiro atoms. The second-order valence-corrected chi connectivity index (χ2v) is 4.96. The number of hydrogen-bond donors (Lipinski definition) is 2. The van der Waals surface area contributed by atoms with Crippen molar-refractivity contribution in [3.05, 3.63) is 35.4 Å². The molecule has 2 N–H and O–H groups in total. The van der Waals surface area contributed by atoms with Gasteiger partial charge in [-0.2, -0.15) is 0 Å². The molecule has 1 saturated carbocycles. The first-order valence-corrected chi connectivity index (χ1v) is 6.78. The van der Waals surface area contributed by atoms with Crippen molar-refractivity contribution in [2.24, 2.45) is 11.8 Å². The van der Waals surface area contributed by atoms with Gasteiger partial charge in [0, 0.05) is 13.2 Å². The summed E-state index contributed by atoms with van der Waals surface area (Å²) in [6.07, 6.45) is 0.453. The van der Waals surface area contributed by atoms with Crippen LogP contribution in [0.5, 0.6) is 0 Å². The van der Waals surface area contributed by atoms with E-state index in [2.05, 4.69) is 5.32 Å². The lowest BCUT2D eigenvalue weighted by atomic mass is 10.1. The standard InChI is InChI=1S/C15H19NO4/c1-2-20-9-11-5-3-10(4-6-11)8-16-14(17)12-7-13(12)15(18)19/h3-6,12-13H,2,7-9H2,1H3,(H,16,17)(H,18,19)/t12-,13+/m1/s1. The smallest absolute Gasteiger partial charge is 0.307 e. The van der Waals surface area contributed by atoms with E-state index < -0.39 is 11.9 Å². The molecule has 1 fully saturated rings. The Morgan fingerprint density at radius 3 is 2.45 bits per heavy atom. The van der Waals surface area contributed by atoms with Crippen molar-refractivity contribution in [1.29, 1.82) is 0 Å². The molecule has 0 saturated heterocycles. The first-order valence-electron chi connectivity index (χ1n) is 6.78. The maximum absolute atomic E-state index is 11.7. The topological polar surface area (TPSA) is 75.6 Å². The Morgan fingerprint density at radius 2 is 1.90 bits per heavy atom. The van der Waals surface area contributed by atoms with Gasteiger partial charge in [-0.05, 0) is 24.5 Å². The minimum Gasteiger partial charge on any atom is -0.481 e. The average molecular weight is 277 g/mol. The van der Waals surface area contributed by atoms with E-state index >= 15 is 0 Å². The molecule has 5 nitrogen and oxygen atoms in total. The van der Waals surface area contributed by atoms with Gasteiger partial charge in [0.05, 0.1) is 18.4 Å². The molecule has 0 aliphatic heterocycles. The summed E-state index contributed by atoms with van der Waals surface area (Å²) < 4.78 is 5.31. The number of carbonyl (C=O) groups is 2. The Balaban J connectivity index is 1.77. The molecular weight excluding hydrogens is 258 g/mol. The van der Waals surface area contributed by atoms with E-state index in [4.69, 9.17) is 9.84 Å². The molecule has 1 aromatic carbocycles. The quantitative estimate of drug-likeness (QED) is 0.793. The van der Waals surface area contributed by atoms with Gasteiger partial charge in [-0.3, -0.25) is 9.59 Å². The van der Waals surface area contributed by atoms with Crippen LogP contribution in [0.2, 0.25) is 0 Å². The number of aliphatic carboxylic acids is 1. The summed E-state index contributed by atoms with van der Waals surface area (Å²) in [6, 6.07) is 7.81. The summed E-state index contributed by atoms with van der Waals surface area (Å²) in [5.74, 6) is -1.91. The van der Waals surface area contributed by atoms with Gasteiger partial charge in [0.1, 0.15) is 0 Å². The number of carboxylic acids is 1. The SMILES string of the molecule is CCOCc1ccc(CNC(=O)[C@@H]2C[C@@H]2C(=O)O)cc1. The molecule has 1 aromatic rings. The fraction of sp³-hybridized carbons (Fsp3) is 0.467. The minimum absolute atomic E-state index is 0.171. The highest BCUT2D eigenvalue weighted by atomic mass is 16.5. The zero-order valence-electron chi connectivity index (χ0n) is 11.5. The summed E-state index contributed by atoms with van der Waals surface area (Å²) in [4.78, 5) is 22.4. The van der Waals surface area contributed by atoms with Crippen molar-refractivity contribution >= 4 is 11.9 Å².